The zero-order chi connectivity index (χ0) is 11.8. The SMILES string of the molecule is CNC(c1ncccc1Br)C1CC2CCC1C2. The predicted molar refractivity (Wildman–Crippen MR) is 72.7 cm³/mol. The summed E-state index contributed by atoms with van der Waals surface area (Å²) in [6.45, 7) is 0. The number of fused-ring (bicyclic) bond motifs is 2. The van der Waals surface area contributed by atoms with Crippen LogP contribution >= 0.6 is 15.9 Å². The lowest BCUT2D eigenvalue weighted by Crippen LogP contribution is -2.30. The summed E-state index contributed by atoms with van der Waals surface area (Å²) in [6.07, 6.45) is 7.63. The van der Waals surface area contributed by atoms with Gasteiger partial charge in [-0.1, -0.05) is 6.42 Å². The molecule has 0 aromatic carbocycles. The van der Waals surface area contributed by atoms with Gasteiger partial charge in [-0.2, -0.15) is 0 Å². The molecule has 0 aliphatic heterocycles. The molecule has 3 rings (SSSR count). The Balaban J connectivity index is 1.87. The van der Waals surface area contributed by atoms with Crippen LogP contribution < -0.4 is 5.32 Å². The number of nitrogens with zero attached hydrogens (tertiary/aromatic N) is 1. The molecule has 2 fully saturated rings. The lowest BCUT2D eigenvalue weighted by Gasteiger charge is -2.30. The predicted octanol–water partition coefficient (Wildman–Crippen LogP) is 3.54. The molecule has 2 nitrogen and oxygen atoms in total. The fourth-order valence-corrected chi connectivity index (χ4v) is 4.38. The Labute approximate surface area is 111 Å². The highest BCUT2D eigenvalue weighted by Gasteiger charge is 2.43. The lowest BCUT2D eigenvalue weighted by molar-refractivity contribution is 0.255. The first-order valence-corrected chi connectivity index (χ1v) is 7.36. The van der Waals surface area contributed by atoms with Gasteiger partial charge in [-0.15, -0.1) is 0 Å². The number of hydrogen-bond donors (Lipinski definition) is 1. The van der Waals surface area contributed by atoms with Crippen molar-refractivity contribution >= 4 is 15.9 Å². The highest BCUT2D eigenvalue weighted by molar-refractivity contribution is 9.10. The van der Waals surface area contributed by atoms with E-state index in [0.717, 1.165) is 22.2 Å². The summed E-state index contributed by atoms with van der Waals surface area (Å²) in [5, 5.41) is 3.49. The van der Waals surface area contributed by atoms with E-state index >= 15 is 0 Å². The molecule has 3 heteroatoms. The van der Waals surface area contributed by atoms with Crippen LogP contribution in [0.15, 0.2) is 22.8 Å². The van der Waals surface area contributed by atoms with Gasteiger partial charge in [0.05, 0.1) is 11.7 Å². The van der Waals surface area contributed by atoms with Crippen LogP contribution in [0.25, 0.3) is 0 Å². The van der Waals surface area contributed by atoms with Crippen molar-refractivity contribution in [2.24, 2.45) is 17.8 Å². The maximum atomic E-state index is 4.57. The lowest BCUT2D eigenvalue weighted by atomic mass is 9.82. The summed E-state index contributed by atoms with van der Waals surface area (Å²) >= 11 is 3.64. The molecule has 2 saturated carbocycles. The zero-order valence-corrected chi connectivity index (χ0v) is 11.8. The number of nitrogens with one attached hydrogen (secondary N) is 1. The Morgan fingerprint density at radius 1 is 1.41 bits per heavy atom. The summed E-state index contributed by atoms with van der Waals surface area (Å²) in [5.74, 6) is 2.69. The summed E-state index contributed by atoms with van der Waals surface area (Å²) in [6, 6.07) is 4.50. The Hall–Kier alpha value is -0.410. The smallest absolute Gasteiger partial charge is 0.0717 e. The molecule has 0 saturated heterocycles. The van der Waals surface area contributed by atoms with Crippen LogP contribution in [0, 0.1) is 17.8 Å². The number of pyridine rings is 1. The minimum absolute atomic E-state index is 0.417. The zero-order valence-electron chi connectivity index (χ0n) is 10.2. The van der Waals surface area contributed by atoms with Crippen molar-refractivity contribution in [3.63, 3.8) is 0 Å². The minimum Gasteiger partial charge on any atom is -0.311 e. The molecule has 1 heterocycles. The van der Waals surface area contributed by atoms with Gasteiger partial charge in [0.15, 0.2) is 0 Å². The van der Waals surface area contributed by atoms with Crippen LogP contribution in [-0.2, 0) is 0 Å². The van der Waals surface area contributed by atoms with Crippen LogP contribution in [0.3, 0.4) is 0 Å². The molecule has 2 aliphatic rings. The third kappa shape index (κ3) is 2.04. The van der Waals surface area contributed by atoms with E-state index in [4.69, 9.17) is 0 Å². The van der Waals surface area contributed by atoms with E-state index in [2.05, 4.69) is 39.3 Å². The average molecular weight is 295 g/mol. The molecule has 1 aromatic rings. The fourth-order valence-electron chi connectivity index (χ4n) is 3.88. The second-order valence-electron chi connectivity index (χ2n) is 5.48. The summed E-state index contributed by atoms with van der Waals surface area (Å²) in [5.41, 5.74) is 1.19. The average Bonchev–Trinajstić information content (AvgIpc) is 2.95. The molecule has 17 heavy (non-hydrogen) atoms. The van der Waals surface area contributed by atoms with Gasteiger partial charge in [0.1, 0.15) is 0 Å². The second kappa shape index (κ2) is 4.69. The maximum Gasteiger partial charge on any atom is 0.0717 e. The molecule has 4 atom stereocenters. The Kier molecular flexibility index (Phi) is 3.22. The Morgan fingerprint density at radius 2 is 2.29 bits per heavy atom. The molecule has 92 valence electrons. The van der Waals surface area contributed by atoms with Crippen molar-refractivity contribution in [2.75, 3.05) is 7.05 Å². The van der Waals surface area contributed by atoms with Crippen LogP contribution in [0.1, 0.15) is 37.4 Å². The normalized spacial score (nSPS) is 32.9. The standard InChI is InChI=1S/C14H19BrN2/c1-16-13(14-12(15)3-2-6-17-14)11-8-9-4-5-10(11)7-9/h2-3,6,9-11,13,16H,4-5,7-8H2,1H3. The quantitative estimate of drug-likeness (QED) is 0.922. The monoisotopic (exact) mass is 294 g/mol. The number of hydrogen-bond acceptors (Lipinski definition) is 2. The molecule has 1 aromatic heterocycles. The topological polar surface area (TPSA) is 24.9 Å². The van der Waals surface area contributed by atoms with E-state index in [9.17, 15) is 0 Å². The third-order valence-electron chi connectivity index (χ3n) is 4.61. The fraction of sp³-hybridized carbons (Fsp3) is 0.643. The van der Waals surface area contributed by atoms with Gasteiger partial charge in [0.2, 0.25) is 0 Å². The minimum atomic E-state index is 0.417. The van der Waals surface area contributed by atoms with Crippen molar-refractivity contribution in [2.45, 2.75) is 31.7 Å². The van der Waals surface area contributed by atoms with Gasteiger partial charge < -0.3 is 5.32 Å². The molecule has 1 N–H and O–H groups in total. The molecule has 2 aliphatic carbocycles. The first kappa shape index (κ1) is 11.7. The number of rotatable bonds is 3. The van der Waals surface area contributed by atoms with E-state index < -0.39 is 0 Å². The van der Waals surface area contributed by atoms with Crippen molar-refractivity contribution in [3.05, 3.63) is 28.5 Å². The van der Waals surface area contributed by atoms with Crippen molar-refractivity contribution in [1.29, 1.82) is 0 Å². The van der Waals surface area contributed by atoms with E-state index in [1.165, 1.54) is 31.4 Å². The summed E-state index contributed by atoms with van der Waals surface area (Å²) in [7, 11) is 2.07. The van der Waals surface area contributed by atoms with Gasteiger partial charge in [0.25, 0.3) is 0 Å². The number of halogens is 1. The number of aromatic nitrogens is 1. The van der Waals surface area contributed by atoms with Crippen LogP contribution in [0.2, 0.25) is 0 Å². The van der Waals surface area contributed by atoms with Crippen LogP contribution in [0.5, 0.6) is 0 Å². The Bertz CT molecular complexity index is 407. The maximum absolute atomic E-state index is 4.57. The molecular formula is C14H19BrN2. The van der Waals surface area contributed by atoms with E-state index in [-0.39, 0.29) is 0 Å². The molecule has 0 spiro atoms. The third-order valence-corrected chi connectivity index (χ3v) is 5.28. The molecule has 0 amide bonds. The van der Waals surface area contributed by atoms with Crippen molar-refractivity contribution < 1.29 is 0 Å². The largest absolute Gasteiger partial charge is 0.311 e. The Morgan fingerprint density at radius 3 is 2.88 bits per heavy atom. The first-order valence-electron chi connectivity index (χ1n) is 6.57. The highest BCUT2D eigenvalue weighted by Crippen LogP contribution is 2.52. The van der Waals surface area contributed by atoms with Gasteiger partial charge in [-0.25, -0.2) is 0 Å². The van der Waals surface area contributed by atoms with Gasteiger partial charge >= 0.3 is 0 Å². The van der Waals surface area contributed by atoms with E-state index in [1.807, 2.05) is 12.3 Å². The molecule has 0 radical (unpaired) electrons. The molecule has 4 unspecified atom stereocenters. The summed E-state index contributed by atoms with van der Waals surface area (Å²) in [4.78, 5) is 4.57. The highest BCUT2D eigenvalue weighted by atomic mass is 79.9. The van der Waals surface area contributed by atoms with E-state index in [1.54, 1.807) is 0 Å². The van der Waals surface area contributed by atoms with Crippen LogP contribution in [-0.4, -0.2) is 12.0 Å². The van der Waals surface area contributed by atoms with Crippen molar-refractivity contribution in [3.8, 4) is 0 Å². The molecule has 2 bridgehead atoms. The van der Waals surface area contributed by atoms with Gasteiger partial charge in [-0.3, -0.25) is 4.98 Å². The van der Waals surface area contributed by atoms with E-state index in [0.29, 0.717) is 6.04 Å². The van der Waals surface area contributed by atoms with Crippen molar-refractivity contribution in [1.82, 2.24) is 10.3 Å². The van der Waals surface area contributed by atoms with Crippen LogP contribution in [0.4, 0.5) is 0 Å². The van der Waals surface area contributed by atoms with Gasteiger partial charge in [0, 0.05) is 10.7 Å². The molecular weight excluding hydrogens is 276 g/mol. The van der Waals surface area contributed by atoms with Gasteiger partial charge in [-0.05, 0) is 72.1 Å². The first-order chi connectivity index (χ1) is 8.29. The summed E-state index contributed by atoms with van der Waals surface area (Å²) < 4.78 is 1.14. The second-order valence-corrected chi connectivity index (χ2v) is 6.33.